The maximum atomic E-state index is 10.3. The summed E-state index contributed by atoms with van der Waals surface area (Å²) in [5, 5.41) is 11.2. The topological polar surface area (TPSA) is 76.3 Å². The second kappa shape index (κ2) is 4.55. The van der Waals surface area contributed by atoms with E-state index in [4.69, 9.17) is 5.26 Å². The van der Waals surface area contributed by atoms with Crippen LogP contribution in [-0.2, 0) is 0 Å². The molecule has 0 atom stereocenters. The van der Waals surface area contributed by atoms with Gasteiger partial charge >= 0.3 is 85.4 Å². The molecule has 0 rings (SSSR count). The van der Waals surface area contributed by atoms with E-state index in [-0.39, 0.29) is 11.3 Å². The Labute approximate surface area is 86.1 Å². The Morgan fingerprint density at radius 2 is 1.64 bits per heavy atom. The van der Waals surface area contributed by atoms with E-state index in [1.165, 1.54) is 0 Å². The van der Waals surface area contributed by atoms with Crippen molar-refractivity contribution in [3.8, 4) is 6.07 Å². The third-order valence-corrected chi connectivity index (χ3v) is 7.65. The van der Waals surface area contributed by atoms with E-state index in [0.29, 0.717) is 13.0 Å². The van der Waals surface area contributed by atoms with E-state index in [1.54, 1.807) is 27.7 Å². The number of nitriles is 1. The molecule has 5 heteroatoms. The van der Waals surface area contributed by atoms with Crippen molar-refractivity contribution in [1.82, 2.24) is 5.09 Å². The van der Waals surface area contributed by atoms with E-state index in [2.05, 4.69) is 5.09 Å². The molecule has 0 aromatic heterocycles. The Kier molecular flexibility index (Phi) is 4.48. The van der Waals surface area contributed by atoms with Crippen molar-refractivity contribution in [1.29, 1.82) is 5.26 Å². The molecule has 0 aliphatic rings. The first-order chi connectivity index (χ1) is 6.24. The summed E-state index contributed by atoms with van der Waals surface area (Å²) in [5.41, 5.74) is -0.445. The number of nitrogens with zero attached hydrogens (tertiary/aromatic N) is 1. The molecule has 84 valence electrons. The molecule has 0 spiro atoms. The number of nitrogens with one attached hydrogen (secondary N) is 1. The first-order valence-electron chi connectivity index (χ1n) is 4.88. The van der Waals surface area contributed by atoms with Gasteiger partial charge in [-0.2, -0.15) is 0 Å². The van der Waals surface area contributed by atoms with Gasteiger partial charge in [0.05, 0.1) is 0 Å². The summed E-state index contributed by atoms with van der Waals surface area (Å²) >= 11 is 0. The van der Waals surface area contributed by atoms with E-state index in [0.717, 1.165) is 0 Å². The average Bonchev–Trinajstić information content (AvgIpc) is 2.04. The zero-order valence-corrected chi connectivity index (χ0v) is 10.3. The predicted molar refractivity (Wildman–Crippen MR) is 59.9 cm³/mol. The predicted octanol–water partition coefficient (Wildman–Crippen LogP) is 1.59. The van der Waals surface area contributed by atoms with Gasteiger partial charge in [-0.15, -0.1) is 0 Å². The van der Waals surface area contributed by atoms with Crippen LogP contribution in [0.25, 0.3) is 0 Å². The second-order valence-corrected chi connectivity index (χ2v) is 8.86. The monoisotopic (exact) mass is 220 g/mol. The molecule has 0 saturated carbocycles. The van der Waals surface area contributed by atoms with Crippen LogP contribution in [0, 0.1) is 11.3 Å². The fraction of sp³-hybridized carbons (Fsp3) is 0.889. The van der Waals surface area contributed by atoms with Gasteiger partial charge < -0.3 is 0 Å². The van der Waals surface area contributed by atoms with Crippen LogP contribution in [-0.4, -0.2) is 27.6 Å². The second-order valence-electron chi connectivity index (χ2n) is 4.16. The molecule has 0 amide bonds. The molecule has 0 bridgehead atoms. The van der Waals surface area contributed by atoms with Gasteiger partial charge in [0, 0.05) is 0 Å². The summed E-state index contributed by atoms with van der Waals surface area (Å²) in [6, 6.07) is 1.97. The fourth-order valence-electron chi connectivity index (χ4n) is 1.30. The number of hydrogen-bond acceptors (Lipinski definition) is 4. The molecular formula is C9H21N2O2P. The normalized spacial score (nSPS) is 15.2. The Morgan fingerprint density at radius 3 is 1.93 bits per heavy atom. The van der Waals surface area contributed by atoms with Crippen molar-refractivity contribution in [3.63, 3.8) is 0 Å². The van der Waals surface area contributed by atoms with Crippen molar-refractivity contribution >= 4 is 7.21 Å². The van der Waals surface area contributed by atoms with Crippen LogP contribution in [0.5, 0.6) is 0 Å². The molecule has 0 aromatic carbocycles. The molecule has 0 unspecified atom stereocenters. The fourth-order valence-corrected chi connectivity index (χ4v) is 3.80. The van der Waals surface area contributed by atoms with Gasteiger partial charge in [-0.25, -0.2) is 0 Å². The van der Waals surface area contributed by atoms with Gasteiger partial charge in [0.2, 0.25) is 0 Å². The van der Waals surface area contributed by atoms with Crippen LogP contribution in [0.15, 0.2) is 0 Å². The van der Waals surface area contributed by atoms with Crippen LogP contribution in [0.2, 0.25) is 0 Å². The first kappa shape index (κ1) is 13.8. The summed E-state index contributed by atoms with van der Waals surface area (Å²) in [4.78, 5) is 20.6. The number of rotatable bonds is 5. The van der Waals surface area contributed by atoms with Crippen LogP contribution in [0.1, 0.15) is 34.1 Å². The molecule has 0 radical (unpaired) electrons. The molecule has 0 heterocycles. The zero-order chi connectivity index (χ0) is 11.4. The third-order valence-electron chi connectivity index (χ3n) is 2.71. The Bertz CT molecular complexity index is 221. The number of hydrogen-bond donors (Lipinski definition) is 3. The van der Waals surface area contributed by atoms with E-state index >= 15 is 0 Å². The van der Waals surface area contributed by atoms with Crippen molar-refractivity contribution < 1.29 is 9.79 Å². The minimum atomic E-state index is -3.82. The maximum absolute atomic E-state index is 10.3. The van der Waals surface area contributed by atoms with Crippen LogP contribution >= 0.6 is 7.21 Å². The molecule has 0 aromatic rings. The van der Waals surface area contributed by atoms with Crippen LogP contribution < -0.4 is 5.09 Å². The van der Waals surface area contributed by atoms with Gasteiger partial charge in [-0.1, -0.05) is 0 Å². The molecule has 14 heavy (non-hydrogen) atoms. The SMILES string of the molecule is CC(C)P(O)(O)(NCCC#N)C(C)C. The summed E-state index contributed by atoms with van der Waals surface area (Å²) in [6.07, 6.45) is 0.290. The van der Waals surface area contributed by atoms with Crippen LogP contribution in [0.4, 0.5) is 0 Å². The molecule has 4 nitrogen and oxygen atoms in total. The van der Waals surface area contributed by atoms with Crippen molar-refractivity contribution in [2.45, 2.75) is 45.4 Å². The third kappa shape index (κ3) is 2.65. The van der Waals surface area contributed by atoms with Gasteiger partial charge in [-0.05, 0) is 0 Å². The van der Waals surface area contributed by atoms with Crippen molar-refractivity contribution in [3.05, 3.63) is 0 Å². The summed E-state index contributed by atoms with van der Waals surface area (Å²) in [5.74, 6) is 0. The first-order valence-corrected chi connectivity index (χ1v) is 7.16. The van der Waals surface area contributed by atoms with Gasteiger partial charge in [0.1, 0.15) is 0 Å². The van der Waals surface area contributed by atoms with Gasteiger partial charge in [0.15, 0.2) is 0 Å². The quantitative estimate of drug-likeness (QED) is 0.485. The van der Waals surface area contributed by atoms with Crippen molar-refractivity contribution in [2.75, 3.05) is 6.54 Å². The van der Waals surface area contributed by atoms with E-state index < -0.39 is 7.21 Å². The zero-order valence-electron chi connectivity index (χ0n) is 9.36. The average molecular weight is 220 g/mol. The Morgan fingerprint density at radius 1 is 1.21 bits per heavy atom. The molecule has 0 fully saturated rings. The van der Waals surface area contributed by atoms with Gasteiger partial charge in [-0.3, -0.25) is 0 Å². The van der Waals surface area contributed by atoms with Crippen molar-refractivity contribution in [2.24, 2.45) is 0 Å². The van der Waals surface area contributed by atoms with E-state index in [1.807, 2.05) is 6.07 Å². The molecule has 0 aliphatic carbocycles. The summed E-state index contributed by atoms with van der Waals surface area (Å²) in [7, 11) is -3.82. The standard InChI is InChI=1S/C9H21N2O2P/c1-8(2)14(12,13,9(3)4)11-7-5-6-10/h8-9,11-13H,5,7H2,1-4H3. The molecule has 3 N–H and O–H groups in total. The van der Waals surface area contributed by atoms with Crippen LogP contribution in [0.3, 0.4) is 0 Å². The molecule has 0 aliphatic heterocycles. The summed E-state index contributed by atoms with van der Waals surface area (Å²) in [6.45, 7) is 7.49. The Hall–Kier alpha value is -0.200. The molecule has 0 saturated heterocycles. The molecular weight excluding hydrogens is 199 g/mol. The summed E-state index contributed by atoms with van der Waals surface area (Å²) < 4.78 is 0. The van der Waals surface area contributed by atoms with Gasteiger partial charge in [0.25, 0.3) is 0 Å². The minimum absolute atomic E-state index is 0.223. The Balaban J connectivity index is 4.66. The van der Waals surface area contributed by atoms with E-state index in [9.17, 15) is 9.79 Å².